The van der Waals surface area contributed by atoms with E-state index in [-0.39, 0.29) is 5.91 Å². The fourth-order valence-electron chi connectivity index (χ4n) is 2.93. The fourth-order valence-corrected chi connectivity index (χ4v) is 4.67. The molecule has 2 heterocycles. The molecule has 0 radical (unpaired) electrons. The second-order valence-corrected chi connectivity index (χ2v) is 8.56. The van der Waals surface area contributed by atoms with Gasteiger partial charge < -0.3 is 11.1 Å². The van der Waals surface area contributed by atoms with E-state index in [1.165, 1.54) is 23.1 Å². The number of nitrogens with one attached hydrogen (secondary N) is 1. The third kappa shape index (κ3) is 3.90. The van der Waals surface area contributed by atoms with Gasteiger partial charge in [0.05, 0.1) is 21.8 Å². The van der Waals surface area contributed by atoms with E-state index in [0.717, 1.165) is 21.9 Å². The first-order chi connectivity index (χ1) is 14.0. The number of para-hydroxylation sites is 3. The van der Waals surface area contributed by atoms with Crippen LogP contribution in [0.4, 0.5) is 5.00 Å². The molecule has 146 valence electrons. The lowest BCUT2D eigenvalue weighted by molar-refractivity contribution is -0.115. The highest BCUT2D eigenvalue weighted by atomic mass is 32.2. The molecule has 2 amide bonds. The summed E-state index contributed by atoms with van der Waals surface area (Å²) in [6.45, 7) is 1.81. The zero-order chi connectivity index (χ0) is 20.4. The molecule has 0 aliphatic heterocycles. The Morgan fingerprint density at radius 3 is 2.59 bits per heavy atom. The molecular weight excluding hydrogens is 404 g/mol. The fraction of sp³-hybridized carbons (Fsp3) is 0.0952. The summed E-state index contributed by atoms with van der Waals surface area (Å²) < 4.78 is 2.05. The molecule has 8 heteroatoms. The van der Waals surface area contributed by atoms with Gasteiger partial charge in [-0.25, -0.2) is 4.98 Å². The Hall–Kier alpha value is -3.10. The van der Waals surface area contributed by atoms with Crippen molar-refractivity contribution in [2.45, 2.75) is 17.3 Å². The molecule has 4 aromatic rings. The minimum absolute atomic E-state index is 0.216. The highest BCUT2D eigenvalue weighted by Crippen LogP contribution is 2.31. The summed E-state index contributed by atoms with van der Waals surface area (Å²) in [5.74, 6) is -0.778. The highest BCUT2D eigenvalue weighted by Gasteiger charge is 2.22. The predicted molar refractivity (Wildman–Crippen MR) is 118 cm³/mol. The first-order valence-corrected chi connectivity index (χ1v) is 10.7. The third-order valence-corrected chi connectivity index (χ3v) is 6.25. The largest absolute Gasteiger partial charge is 0.366 e. The molecule has 4 rings (SSSR count). The van der Waals surface area contributed by atoms with Crippen LogP contribution in [0, 0.1) is 0 Å². The van der Waals surface area contributed by atoms with Crippen LogP contribution in [0.25, 0.3) is 16.7 Å². The Balaban J connectivity index is 1.63. The van der Waals surface area contributed by atoms with Crippen LogP contribution in [0.5, 0.6) is 0 Å². The van der Waals surface area contributed by atoms with Gasteiger partial charge in [-0.15, -0.1) is 11.3 Å². The van der Waals surface area contributed by atoms with Gasteiger partial charge in [-0.1, -0.05) is 42.1 Å². The van der Waals surface area contributed by atoms with Gasteiger partial charge in [0.15, 0.2) is 5.16 Å². The lowest BCUT2D eigenvalue weighted by atomic mass is 10.3. The Morgan fingerprint density at radius 1 is 1.10 bits per heavy atom. The van der Waals surface area contributed by atoms with E-state index in [4.69, 9.17) is 10.7 Å². The average Bonchev–Trinajstić information content (AvgIpc) is 3.32. The smallest absolute Gasteiger partial charge is 0.251 e. The van der Waals surface area contributed by atoms with Crippen molar-refractivity contribution in [1.82, 2.24) is 9.55 Å². The number of anilines is 1. The van der Waals surface area contributed by atoms with Gasteiger partial charge in [-0.05, 0) is 42.6 Å². The van der Waals surface area contributed by atoms with Crippen molar-refractivity contribution >= 4 is 50.9 Å². The number of rotatable bonds is 6. The Morgan fingerprint density at radius 2 is 1.83 bits per heavy atom. The van der Waals surface area contributed by atoms with E-state index in [1.54, 1.807) is 11.4 Å². The molecule has 0 aliphatic carbocycles. The number of hydrogen-bond donors (Lipinski definition) is 2. The van der Waals surface area contributed by atoms with Crippen molar-refractivity contribution in [2.75, 3.05) is 5.32 Å². The molecule has 2 aromatic carbocycles. The maximum atomic E-state index is 12.7. The summed E-state index contributed by atoms with van der Waals surface area (Å²) in [6.07, 6.45) is 0. The number of thioether (sulfide) groups is 1. The standard InChI is InChI=1S/C21H18N4O2S2/c1-13(19(27)24-20-15(18(22)26)11-12-28-20)29-21-23-16-9-5-6-10-17(16)25(21)14-7-3-2-4-8-14/h2-13H,1H3,(H2,22,26)(H,24,27). The molecular formula is C21H18N4O2S2. The summed E-state index contributed by atoms with van der Waals surface area (Å²) >= 11 is 2.63. The number of benzene rings is 2. The molecule has 1 atom stereocenters. The van der Waals surface area contributed by atoms with E-state index in [9.17, 15) is 9.59 Å². The Kier molecular flexibility index (Phi) is 5.37. The molecule has 0 fully saturated rings. The van der Waals surface area contributed by atoms with Crippen molar-refractivity contribution in [3.63, 3.8) is 0 Å². The van der Waals surface area contributed by atoms with Crippen molar-refractivity contribution in [3.05, 3.63) is 71.6 Å². The van der Waals surface area contributed by atoms with E-state index in [0.29, 0.717) is 10.6 Å². The van der Waals surface area contributed by atoms with Gasteiger partial charge >= 0.3 is 0 Å². The van der Waals surface area contributed by atoms with Crippen LogP contribution in [0.15, 0.2) is 71.2 Å². The molecule has 0 bridgehead atoms. The molecule has 0 aliphatic rings. The number of amides is 2. The van der Waals surface area contributed by atoms with Crippen molar-refractivity contribution in [2.24, 2.45) is 5.73 Å². The van der Waals surface area contributed by atoms with Gasteiger partial charge in [0, 0.05) is 5.69 Å². The quantitative estimate of drug-likeness (QED) is 0.453. The van der Waals surface area contributed by atoms with E-state index < -0.39 is 11.2 Å². The second-order valence-electron chi connectivity index (χ2n) is 6.33. The molecule has 3 N–H and O–H groups in total. The average molecular weight is 423 g/mol. The van der Waals surface area contributed by atoms with Crippen LogP contribution < -0.4 is 11.1 Å². The van der Waals surface area contributed by atoms with Gasteiger partial charge in [0.2, 0.25) is 5.91 Å². The number of thiophene rings is 1. The Bertz CT molecular complexity index is 1180. The zero-order valence-electron chi connectivity index (χ0n) is 15.5. The predicted octanol–water partition coefficient (Wildman–Crippen LogP) is 4.31. The Labute approximate surface area is 175 Å². The van der Waals surface area contributed by atoms with Crippen LogP contribution in [0.3, 0.4) is 0 Å². The molecule has 29 heavy (non-hydrogen) atoms. The molecule has 0 spiro atoms. The van der Waals surface area contributed by atoms with Crippen LogP contribution in [-0.2, 0) is 4.79 Å². The molecule has 1 unspecified atom stereocenters. The lowest BCUT2D eigenvalue weighted by Crippen LogP contribution is -2.24. The maximum absolute atomic E-state index is 12.7. The summed E-state index contributed by atoms with van der Waals surface area (Å²) in [7, 11) is 0. The molecule has 0 saturated heterocycles. The summed E-state index contributed by atoms with van der Waals surface area (Å²) in [6, 6.07) is 19.4. The van der Waals surface area contributed by atoms with Crippen molar-refractivity contribution in [3.8, 4) is 5.69 Å². The summed E-state index contributed by atoms with van der Waals surface area (Å²) in [4.78, 5) is 29.0. The number of nitrogens with two attached hydrogens (primary N) is 1. The third-order valence-electron chi connectivity index (χ3n) is 4.36. The van der Waals surface area contributed by atoms with E-state index in [2.05, 4.69) is 5.32 Å². The van der Waals surface area contributed by atoms with Crippen molar-refractivity contribution < 1.29 is 9.59 Å². The van der Waals surface area contributed by atoms with Gasteiger partial charge in [0.25, 0.3) is 5.91 Å². The van der Waals surface area contributed by atoms with Crippen LogP contribution in [0.2, 0.25) is 0 Å². The number of nitrogens with zero attached hydrogens (tertiary/aromatic N) is 2. The van der Waals surface area contributed by atoms with Gasteiger partial charge in [0.1, 0.15) is 5.00 Å². The maximum Gasteiger partial charge on any atom is 0.251 e. The molecule has 6 nitrogen and oxygen atoms in total. The number of aromatic nitrogens is 2. The number of primary amides is 1. The second kappa shape index (κ2) is 8.10. The number of fused-ring (bicyclic) bond motifs is 1. The van der Waals surface area contributed by atoms with Crippen LogP contribution >= 0.6 is 23.1 Å². The van der Waals surface area contributed by atoms with Gasteiger partial charge in [-0.2, -0.15) is 0 Å². The van der Waals surface area contributed by atoms with E-state index >= 15 is 0 Å². The number of hydrogen-bond acceptors (Lipinski definition) is 5. The van der Waals surface area contributed by atoms with E-state index in [1.807, 2.05) is 66.1 Å². The monoisotopic (exact) mass is 422 g/mol. The lowest BCUT2D eigenvalue weighted by Gasteiger charge is -2.13. The molecule has 2 aromatic heterocycles. The first-order valence-electron chi connectivity index (χ1n) is 8.92. The minimum Gasteiger partial charge on any atom is -0.366 e. The number of imidazole rings is 1. The SMILES string of the molecule is CC(Sc1nc2ccccc2n1-c1ccccc1)C(=O)Nc1sccc1C(N)=O. The van der Waals surface area contributed by atoms with Crippen molar-refractivity contribution in [1.29, 1.82) is 0 Å². The van der Waals surface area contributed by atoms with Crippen LogP contribution in [0.1, 0.15) is 17.3 Å². The van der Waals surface area contributed by atoms with Crippen LogP contribution in [-0.4, -0.2) is 26.6 Å². The summed E-state index contributed by atoms with van der Waals surface area (Å²) in [5, 5.41) is 5.28. The summed E-state index contributed by atoms with van der Waals surface area (Å²) in [5.41, 5.74) is 8.49. The number of carbonyl (C=O) groups excluding carboxylic acids is 2. The minimum atomic E-state index is -0.562. The molecule has 0 saturated carbocycles. The first kappa shape index (κ1) is 19.2. The topological polar surface area (TPSA) is 90.0 Å². The zero-order valence-corrected chi connectivity index (χ0v) is 17.2. The number of carbonyl (C=O) groups is 2. The normalized spacial score (nSPS) is 12.0. The van der Waals surface area contributed by atoms with Gasteiger partial charge in [-0.3, -0.25) is 14.2 Å². The highest BCUT2D eigenvalue weighted by molar-refractivity contribution is 8.00.